The molecule has 2 aromatic carbocycles. The SMILES string of the molecule is O=C(c1ccc(Oc2ccccc2)cc1)C1CCCN(CCO)C1. The first-order valence-corrected chi connectivity index (χ1v) is 8.46. The summed E-state index contributed by atoms with van der Waals surface area (Å²) in [5, 5.41) is 9.07. The van der Waals surface area contributed by atoms with Crippen LogP contribution in [-0.4, -0.2) is 42.0 Å². The fourth-order valence-corrected chi connectivity index (χ4v) is 3.16. The van der Waals surface area contributed by atoms with Gasteiger partial charge in [0.15, 0.2) is 5.78 Å². The van der Waals surface area contributed by atoms with Gasteiger partial charge in [-0.15, -0.1) is 0 Å². The molecule has 0 spiro atoms. The lowest BCUT2D eigenvalue weighted by molar-refractivity contribution is 0.0794. The third kappa shape index (κ3) is 4.22. The van der Waals surface area contributed by atoms with Gasteiger partial charge >= 0.3 is 0 Å². The Kier molecular flexibility index (Phi) is 5.62. The lowest BCUT2D eigenvalue weighted by Gasteiger charge is -2.31. The highest BCUT2D eigenvalue weighted by Gasteiger charge is 2.26. The smallest absolute Gasteiger partial charge is 0.167 e. The van der Waals surface area contributed by atoms with Gasteiger partial charge in [0.25, 0.3) is 0 Å². The first kappa shape index (κ1) is 16.7. The quantitative estimate of drug-likeness (QED) is 0.827. The summed E-state index contributed by atoms with van der Waals surface area (Å²) in [6, 6.07) is 17.0. The van der Waals surface area contributed by atoms with E-state index in [1.807, 2.05) is 54.6 Å². The van der Waals surface area contributed by atoms with Gasteiger partial charge in [-0.05, 0) is 55.8 Å². The van der Waals surface area contributed by atoms with Crippen LogP contribution in [0.3, 0.4) is 0 Å². The van der Waals surface area contributed by atoms with Gasteiger partial charge in [0.2, 0.25) is 0 Å². The Bertz CT molecular complexity index is 652. The summed E-state index contributed by atoms with van der Waals surface area (Å²) in [5.41, 5.74) is 0.728. The van der Waals surface area contributed by atoms with Crippen molar-refractivity contribution in [3.63, 3.8) is 0 Å². The topological polar surface area (TPSA) is 49.8 Å². The molecule has 1 saturated heterocycles. The van der Waals surface area contributed by atoms with Gasteiger partial charge in [-0.3, -0.25) is 4.79 Å². The molecule has 24 heavy (non-hydrogen) atoms. The van der Waals surface area contributed by atoms with E-state index in [1.165, 1.54) is 0 Å². The molecule has 1 unspecified atom stereocenters. The second-order valence-corrected chi connectivity index (χ2v) is 6.17. The first-order valence-electron chi connectivity index (χ1n) is 8.46. The van der Waals surface area contributed by atoms with E-state index in [2.05, 4.69) is 4.90 Å². The molecule has 0 amide bonds. The maximum Gasteiger partial charge on any atom is 0.167 e. The van der Waals surface area contributed by atoms with E-state index in [0.29, 0.717) is 6.54 Å². The number of nitrogens with zero attached hydrogens (tertiary/aromatic N) is 1. The predicted molar refractivity (Wildman–Crippen MR) is 93.5 cm³/mol. The Balaban J connectivity index is 1.63. The minimum atomic E-state index is 0.0196. The molecule has 1 aliphatic rings. The molecule has 0 aromatic heterocycles. The minimum absolute atomic E-state index is 0.0196. The van der Waals surface area contributed by atoms with Gasteiger partial charge in [0.1, 0.15) is 11.5 Å². The molecule has 0 radical (unpaired) electrons. The van der Waals surface area contributed by atoms with Crippen molar-refractivity contribution in [2.75, 3.05) is 26.2 Å². The number of rotatable bonds is 6. The van der Waals surface area contributed by atoms with E-state index >= 15 is 0 Å². The number of carbonyl (C=O) groups excluding carboxylic acids is 1. The number of hydrogen-bond donors (Lipinski definition) is 1. The molecule has 0 bridgehead atoms. The zero-order valence-corrected chi connectivity index (χ0v) is 13.7. The van der Waals surface area contributed by atoms with Gasteiger partial charge in [-0.1, -0.05) is 18.2 Å². The van der Waals surface area contributed by atoms with Crippen molar-refractivity contribution in [3.8, 4) is 11.5 Å². The normalized spacial score (nSPS) is 18.3. The van der Waals surface area contributed by atoms with E-state index in [-0.39, 0.29) is 18.3 Å². The summed E-state index contributed by atoms with van der Waals surface area (Å²) in [5.74, 6) is 1.71. The van der Waals surface area contributed by atoms with E-state index in [9.17, 15) is 4.79 Å². The van der Waals surface area contributed by atoms with Crippen molar-refractivity contribution in [2.45, 2.75) is 12.8 Å². The van der Waals surface area contributed by atoms with Gasteiger partial charge in [-0.25, -0.2) is 0 Å². The van der Waals surface area contributed by atoms with Crippen molar-refractivity contribution in [1.82, 2.24) is 4.90 Å². The zero-order chi connectivity index (χ0) is 16.8. The number of ether oxygens (including phenoxy) is 1. The number of aliphatic hydroxyl groups excluding tert-OH is 1. The summed E-state index contributed by atoms with van der Waals surface area (Å²) < 4.78 is 5.76. The van der Waals surface area contributed by atoms with Crippen molar-refractivity contribution < 1.29 is 14.6 Å². The van der Waals surface area contributed by atoms with Crippen molar-refractivity contribution in [1.29, 1.82) is 0 Å². The molecule has 126 valence electrons. The van der Waals surface area contributed by atoms with Crippen molar-refractivity contribution >= 4 is 5.78 Å². The largest absolute Gasteiger partial charge is 0.457 e. The summed E-state index contributed by atoms with van der Waals surface area (Å²) in [6.45, 7) is 2.50. The van der Waals surface area contributed by atoms with Gasteiger partial charge < -0.3 is 14.7 Å². The van der Waals surface area contributed by atoms with Gasteiger partial charge in [0.05, 0.1) is 6.61 Å². The second-order valence-electron chi connectivity index (χ2n) is 6.17. The van der Waals surface area contributed by atoms with Crippen molar-refractivity contribution in [2.24, 2.45) is 5.92 Å². The van der Waals surface area contributed by atoms with Crippen LogP contribution in [0.1, 0.15) is 23.2 Å². The third-order valence-electron chi connectivity index (χ3n) is 4.41. The summed E-state index contributed by atoms with van der Waals surface area (Å²) >= 11 is 0. The van der Waals surface area contributed by atoms with Crippen LogP contribution in [0.2, 0.25) is 0 Å². The van der Waals surface area contributed by atoms with Crippen LogP contribution in [0.4, 0.5) is 0 Å². The maximum absolute atomic E-state index is 12.7. The molecule has 1 aliphatic heterocycles. The lowest BCUT2D eigenvalue weighted by Crippen LogP contribution is -2.40. The highest BCUT2D eigenvalue weighted by molar-refractivity contribution is 5.98. The maximum atomic E-state index is 12.7. The number of likely N-dealkylation sites (tertiary alicyclic amines) is 1. The van der Waals surface area contributed by atoms with E-state index in [1.54, 1.807) is 0 Å². The number of β-amino-alcohol motifs (C(OH)–C–C–N with tert-alkyl or cyclic N) is 1. The highest BCUT2D eigenvalue weighted by Crippen LogP contribution is 2.24. The monoisotopic (exact) mass is 325 g/mol. The number of para-hydroxylation sites is 1. The molecule has 1 N–H and O–H groups in total. The minimum Gasteiger partial charge on any atom is -0.457 e. The van der Waals surface area contributed by atoms with Gasteiger partial charge in [0, 0.05) is 24.6 Å². The number of ketones is 1. The number of piperidine rings is 1. The lowest BCUT2D eigenvalue weighted by atomic mass is 9.90. The molecule has 4 nitrogen and oxygen atoms in total. The first-order chi connectivity index (χ1) is 11.8. The summed E-state index contributed by atoms with van der Waals surface area (Å²) in [6.07, 6.45) is 1.93. The molecular formula is C20H23NO3. The fourth-order valence-electron chi connectivity index (χ4n) is 3.16. The Morgan fingerprint density at radius 3 is 2.50 bits per heavy atom. The molecule has 1 heterocycles. The Labute approximate surface area is 142 Å². The summed E-state index contributed by atoms with van der Waals surface area (Å²) in [4.78, 5) is 14.9. The van der Waals surface area contributed by atoms with Gasteiger partial charge in [-0.2, -0.15) is 0 Å². The average molecular weight is 325 g/mol. The highest BCUT2D eigenvalue weighted by atomic mass is 16.5. The van der Waals surface area contributed by atoms with Crippen LogP contribution >= 0.6 is 0 Å². The molecular weight excluding hydrogens is 302 g/mol. The molecule has 0 saturated carbocycles. The molecule has 4 heteroatoms. The zero-order valence-electron chi connectivity index (χ0n) is 13.7. The standard InChI is InChI=1S/C20H23NO3/c22-14-13-21-12-4-5-17(15-21)20(23)16-8-10-19(11-9-16)24-18-6-2-1-3-7-18/h1-3,6-11,17,22H,4-5,12-15H2. The van der Waals surface area contributed by atoms with E-state index < -0.39 is 0 Å². The third-order valence-corrected chi connectivity index (χ3v) is 4.41. The molecule has 1 fully saturated rings. The van der Waals surface area contributed by atoms with Crippen LogP contribution in [-0.2, 0) is 0 Å². The molecule has 2 aromatic rings. The van der Waals surface area contributed by atoms with Crippen LogP contribution in [0.5, 0.6) is 11.5 Å². The van der Waals surface area contributed by atoms with E-state index in [0.717, 1.165) is 43.0 Å². The Morgan fingerprint density at radius 1 is 1.08 bits per heavy atom. The number of benzene rings is 2. The average Bonchev–Trinajstić information content (AvgIpc) is 2.63. The van der Waals surface area contributed by atoms with Crippen LogP contribution < -0.4 is 4.74 Å². The molecule has 3 rings (SSSR count). The van der Waals surface area contributed by atoms with E-state index in [4.69, 9.17) is 9.84 Å². The number of Topliss-reactive ketones (excluding diaryl/α,β-unsaturated/α-hetero) is 1. The molecule has 0 aliphatic carbocycles. The summed E-state index contributed by atoms with van der Waals surface area (Å²) in [7, 11) is 0. The Morgan fingerprint density at radius 2 is 1.79 bits per heavy atom. The molecule has 1 atom stereocenters. The predicted octanol–water partition coefficient (Wildman–Crippen LogP) is 3.37. The number of carbonyl (C=O) groups is 1. The number of aliphatic hydroxyl groups is 1. The fraction of sp³-hybridized carbons (Fsp3) is 0.350. The van der Waals surface area contributed by atoms with Crippen LogP contribution in [0, 0.1) is 5.92 Å². The number of hydrogen-bond acceptors (Lipinski definition) is 4. The van der Waals surface area contributed by atoms with Crippen LogP contribution in [0.25, 0.3) is 0 Å². The van der Waals surface area contributed by atoms with Crippen LogP contribution in [0.15, 0.2) is 54.6 Å². The second kappa shape index (κ2) is 8.08. The van der Waals surface area contributed by atoms with Crippen molar-refractivity contribution in [3.05, 3.63) is 60.2 Å². The Hall–Kier alpha value is -2.17.